The van der Waals surface area contributed by atoms with Crippen molar-refractivity contribution in [1.82, 2.24) is 5.32 Å². The van der Waals surface area contributed by atoms with E-state index in [0.717, 1.165) is 18.4 Å². The van der Waals surface area contributed by atoms with Gasteiger partial charge >= 0.3 is 0 Å². The molecule has 0 aromatic heterocycles. The van der Waals surface area contributed by atoms with Crippen molar-refractivity contribution in [2.24, 2.45) is 11.7 Å². The summed E-state index contributed by atoms with van der Waals surface area (Å²) in [4.78, 5) is 12.1. The molecule has 0 bridgehead atoms. The average molecular weight is 288 g/mol. The molecule has 0 radical (unpaired) electrons. The first kappa shape index (κ1) is 17.4. The lowest BCUT2D eigenvalue weighted by Gasteiger charge is -2.18. The van der Waals surface area contributed by atoms with Crippen molar-refractivity contribution in [2.45, 2.75) is 46.1 Å². The van der Waals surface area contributed by atoms with Crippen LogP contribution in [0.15, 0.2) is 42.0 Å². The van der Waals surface area contributed by atoms with Crippen LogP contribution in [-0.2, 0) is 4.79 Å². The predicted octanol–water partition coefficient (Wildman–Crippen LogP) is 3.58. The maximum Gasteiger partial charge on any atom is 0.220 e. The van der Waals surface area contributed by atoms with Crippen LogP contribution in [0.1, 0.15) is 51.6 Å². The van der Waals surface area contributed by atoms with E-state index in [4.69, 9.17) is 5.73 Å². The molecule has 0 saturated heterocycles. The summed E-state index contributed by atoms with van der Waals surface area (Å²) in [7, 11) is 0. The number of carbonyl (C=O) groups is 1. The Balaban J connectivity index is 2.43. The molecule has 0 aliphatic carbocycles. The van der Waals surface area contributed by atoms with Gasteiger partial charge in [-0.1, -0.05) is 48.9 Å². The number of nitrogens with two attached hydrogens (primary N) is 1. The molecule has 1 aromatic rings. The lowest BCUT2D eigenvalue weighted by Crippen LogP contribution is -2.34. The number of rotatable bonds is 8. The van der Waals surface area contributed by atoms with Gasteiger partial charge in [0.25, 0.3) is 0 Å². The number of hydrogen-bond acceptors (Lipinski definition) is 2. The summed E-state index contributed by atoms with van der Waals surface area (Å²) in [6.45, 7) is 6.74. The summed E-state index contributed by atoms with van der Waals surface area (Å²) in [5.41, 5.74) is 8.17. The van der Waals surface area contributed by atoms with Gasteiger partial charge in [0.05, 0.1) is 6.04 Å². The van der Waals surface area contributed by atoms with E-state index in [2.05, 4.69) is 32.2 Å². The van der Waals surface area contributed by atoms with Crippen LogP contribution in [0.25, 0.3) is 0 Å². The van der Waals surface area contributed by atoms with Crippen molar-refractivity contribution in [3.05, 3.63) is 47.5 Å². The molecule has 3 N–H and O–H groups in total. The fraction of sp³-hybridized carbons (Fsp3) is 0.500. The zero-order valence-corrected chi connectivity index (χ0v) is 13.4. The van der Waals surface area contributed by atoms with E-state index in [-0.39, 0.29) is 11.9 Å². The van der Waals surface area contributed by atoms with Gasteiger partial charge in [0.15, 0.2) is 0 Å². The van der Waals surface area contributed by atoms with E-state index in [1.54, 1.807) is 0 Å². The van der Waals surface area contributed by atoms with Crippen molar-refractivity contribution >= 4 is 5.91 Å². The molecular weight excluding hydrogens is 260 g/mol. The second-order valence-electron chi connectivity index (χ2n) is 5.93. The fourth-order valence-electron chi connectivity index (χ4n) is 2.29. The predicted molar refractivity (Wildman–Crippen MR) is 88.8 cm³/mol. The van der Waals surface area contributed by atoms with Gasteiger partial charge in [0.1, 0.15) is 0 Å². The number of allylic oxidation sites excluding steroid dienone is 2. The van der Waals surface area contributed by atoms with Crippen LogP contribution in [0.3, 0.4) is 0 Å². The Morgan fingerprint density at radius 3 is 2.52 bits per heavy atom. The van der Waals surface area contributed by atoms with Gasteiger partial charge in [-0.2, -0.15) is 0 Å². The first-order chi connectivity index (χ1) is 10.0. The summed E-state index contributed by atoms with van der Waals surface area (Å²) >= 11 is 0. The van der Waals surface area contributed by atoms with E-state index >= 15 is 0 Å². The van der Waals surface area contributed by atoms with E-state index in [0.29, 0.717) is 18.9 Å². The molecule has 1 amide bonds. The van der Waals surface area contributed by atoms with E-state index in [9.17, 15) is 4.79 Å². The Morgan fingerprint density at radius 2 is 1.95 bits per heavy atom. The number of hydrogen-bond donors (Lipinski definition) is 2. The highest BCUT2D eigenvalue weighted by Gasteiger charge is 2.14. The third-order valence-corrected chi connectivity index (χ3v) is 3.52. The second kappa shape index (κ2) is 9.35. The number of carbonyl (C=O) groups excluding carboxylic acids is 1. The zero-order chi connectivity index (χ0) is 15.7. The highest BCUT2D eigenvalue weighted by atomic mass is 16.1. The maximum atomic E-state index is 12.1. The molecule has 0 fully saturated rings. The summed E-state index contributed by atoms with van der Waals surface area (Å²) in [5, 5.41) is 3.03. The number of benzene rings is 1. The van der Waals surface area contributed by atoms with Gasteiger partial charge < -0.3 is 11.1 Å². The van der Waals surface area contributed by atoms with Gasteiger partial charge in [0.2, 0.25) is 5.91 Å². The Labute approximate surface area is 128 Å². The minimum Gasteiger partial charge on any atom is -0.348 e. The minimum absolute atomic E-state index is 0.0824. The molecule has 3 nitrogen and oxygen atoms in total. The van der Waals surface area contributed by atoms with Gasteiger partial charge in [-0.25, -0.2) is 0 Å². The molecule has 0 heterocycles. The number of amides is 1. The van der Waals surface area contributed by atoms with Crippen LogP contribution in [-0.4, -0.2) is 12.5 Å². The van der Waals surface area contributed by atoms with Crippen molar-refractivity contribution < 1.29 is 4.79 Å². The van der Waals surface area contributed by atoms with Crippen LogP contribution in [0.2, 0.25) is 0 Å². The van der Waals surface area contributed by atoms with Gasteiger partial charge in [-0.3, -0.25) is 4.79 Å². The third kappa shape index (κ3) is 7.09. The van der Waals surface area contributed by atoms with Crippen molar-refractivity contribution in [3.8, 4) is 0 Å². The standard InChI is InChI=1S/C18H28N2O/c1-14(2)8-7-9-15(3)12-18(21)20-17(13-19)16-10-5-4-6-11-16/h4-6,8,10-11,15,17H,7,9,12-13,19H2,1-3H3,(H,20,21). The van der Waals surface area contributed by atoms with Gasteiger partial charge in [-0.05, 0) is 38.2 Å². The molecule has 1 rings (SSSR count). The van der Waals surface area contributed by atoms with Crippen molar-refractivity contribution in [2.75, 3.05) is 6.54 Å². The quantitative estimate of drug-likeness (QED) is 0.718. The van der Waals surface area contributed by atoms with Crippen LogP contribution in [0.5, 0.6) is 0 Å². The SMILES string of the molecule is CC(C)=CCCC(C)CC(=O)NC(CN)c1ccccc1. The van der Waals surface area contributed by atoms with Crippen LogP contribution >= 0.6 is 0 Å². The molecule has 0 aliphatic heterocycles. The monoisotopic (exact) mass is 288 g/mol. The molecule has 2 unspecified atom stereocenters. The van der Waals surface area contributed by atoms with Crippen molar-refractivity contribution in [3.63, 3.8) is 0 Å². The first-order valence-electron chi connectivity index (χ1n) is 7.70. The first-order valence-corrected chi connectivity index (χ1v) is 7.70. The van der Waals surface area contributed by atoms with E-state index < -0.39 is 0 Å². The van der Waals surface area contributed by atoms with E-state index in [1.165, 1.54) is 5.57 Å². The summed E-state index contributed by atoms with van der Waals surface area (Å²) < 4.78 is 0. The smallest absolute Gasteiger partial charge is 0.220 e. The molecule has 116 valence electrons. The minimum atomic E-state index is -0.0938. The second-order valence-corrected chi connectivity index (χ2v) is 5.93. The molecule has 21 heavy (non-hydrogen) atoms. The van der Waals surface area contributed by atoms with Crippen LogP contribution < -0.4 is 11.1 Å². The summed E-state index contributed by atoms with van der Waals surface area (Å²) in [5.74, 6) is 0.466. The molecule has 0 aliphatic rings. The third-order valence-electron chi connectivity index (χ3n) is 3.52. The molecule has 0 saturated carbocycles. The maximum absolute atomic E-state index is 12.1. The molecule has 1 aromatic carbocycles. The van der Waals surface area contributed by atoms with Gasteiger partial charge in [0, 0.05) is 13.0 Å². The molecule has 3 heteroatoms. The number of nitrogens with one attached hydrogen (secondary N) is 1. The fourth-order valence-corrected chi connectivity index (χ4v) is 2.29. The Kier molecular flexibility index (Phi) is 7.76. The highest BCUT2D eigenvalue weighted by Crippen LogP contribution is 2.15. The summed E-state index contributed by atoms with van der Waals surface area (Å²) in [6.07, 6.45) is 4.86. The highest BCUT2D eigenvalue weighted by molar-refractivity contribution is 5.76. The van der Waals surface area contributed by atoms with Crippen LogP contribution in [0, 0.1) is 5.92 Å². The Morgan fingerprint density at radius 1 is 1.29 bits per heavy atom. The zero-order valence-electron chi connectivity index (χ0n) is 13.4. The van der Waals surface area contributed by atoms with Crippen LogP contribution in [0.4, 0.5) is 0 Å². The molecule has 0 spiro atoms. The lowest BCUT2D eigenvalue weighted by atomic mass is 10.00. The summed E-state index contributed by atoms with van der Waals surface area (Å²) in [6, 6.07) is 9.79. The van der Waals surface area contributed by atoms with E-state index in [1.807, 2.05) is 30.3 Å². The van der Waals surface area contributed by atoms with Crippen molar-refractivity contribution in [1.29, 1.82) is 0 Å². The Bertz CT molecular complexity index is 450. The topological polar surface area (TPSA) is 55.1 Å². The lowest BCUT2D eigenvalue weighted by molar-refractivity contribution is -0.122. The van der Waals surface area contributed by atoms with Gasteiger partial charge in [-0.15, -0.1) is 0 Å². The normalized spacial score (nSPS) is 13.3. The molecule has 2 atom stereocenters. The molecular formula is C18H28N2O. The largest absolute Gasteiger partial charge is 0.348 e. The average Bonchev–Trinajstić information content (AvgIpc) is 2.45. The Hall–Kier alpha value is -1.61.